The summed E-state index contributed by atoms with van der Waals surface area (Å²) in [5, 5.41) is 14.1. The van der Waals surface area contributed by atoms with Crippen LogP contribution >= 0.6 is 0 Å². The van der Waals surface area contributed by atoms with Crippen LogP contribution in [0, 0.1) is 5.92 Å². The van der Waals surface area contributed by atoms with E-state index in [1.807, 2.05) is 7.05 Å². The maximum absolute atomic E-state index is 10.4. The summed E-state index contributed by atoms with van der Waals surface area (Å²) in [6.07, 6.45) is 6.83. The number of hydrogen-bond acceptors (Lipinski definition) is 2. The Morgan fingerprint density at radius 2 is 2.07 bits per heavy atom. The van der Waals surface area contributed by atoms with Crippen LogP contribution < -0.4 is 10.6 Å². The van der Waals surface area contributed by atoms with Crippen molar-refractivity contribution >= 4 is 6.09 Å². The Kier molecular flexibility index (Phi) is 5.47. The van der Waals surface area contributed by atoms with Gasteiger partial charge in [0, 0.05) is 12.6 Å². The molecular weight excluding hydrogens is 192 g/mol. The van der Waals surface area contributed by atoms with Crippen molar-refractivity contribution in [3.05, 3.63) is 0 Å². The van der Waals surface area contributed by atoms with Gasteiger partial charge in [0.2, 0.25) is 0 Å². The molecule has 0 heterocycles. The summed E-state index contributed by atoms with van der Waals surface area (Å²) in [4.78, 5) is 10.4. The van der Waals surface area contributed by atoms with Crippen molar-refractivity contribution in [1.82, 2.24) is 10.6 Å². The van der Waals surface area contributed by atoms with E-state index in [-0.39, 0.29) is 6.04 Å². The summed E-state index contributed by atoms with van der Waals surface area (Å²) in [5.74, 6) is 0.784. The lowest BCUT2D eigenvalue weighted by Crippen LogP contribution is -2.40. The molecule has 1 saturated carbocycles. The molecule has 4 nitrogen and oxygen atoms in total. The lowest BCUT2D eigenvalue weighted by Gasteiger charge is -2.26. The lowest BCUT2D eigenvalue weighted by molar-refractivity contribution is 0.191. The van der Waals surface area contributed by atoms with Gasteiger partial charge in [-0.25, -0.2) is 4.79 Å². The molecule has 1 unspecified atom stereocenters. The molecule has 0 radical (unpaired) electrons. The maximum Gasteiger partial charge on any atom is 0.404 e. The van der Waals surface area contributed by atoms with Gasteiger partial charge in [-0.05, 0) is 19.4 Å². The zero-order chi connectivity index (χ0) is 11.1. The van der Waals surface area contributed by atoms with Gasteiger partial charge in [-0.1, -0.05) is 32.1 Å². The Hall–Kier alpha value is -0.770. The minimum Gasteiger partial charge on any atom is -0.465 e. The molecule has 4 heteroatoms. The fourth-order valence-electron chi connectivity index (χ4n) is 2.34. The summed E-state index contributed by atoms with van der Waals surface area (Å²) >= 11 is 0. The number of carboxylic acid groups (broad SMARTS) is 1. The summed E-state index contributed by atoms with van der Waals surface area (Å²) in [6.45, 7) is 0.516. The average molecular weight is 214 g/mol. The summed E-state index contributed by atoms with van der Waals surface area (Å²) in [5.41, 5.74) is 0. The molecule has 0 saturated heterocycles. The van der Waals surface area contributed by atoms with Gasteiger partial charge >= 0.3 is 6.09 Å². The van der Waals surface area contributed by atoms with Crippen LogP contribution in [-0.2, 0) is 0 Å². The van der Waals surface area contributed by atoms with Gasteiger partial charge in [0.15, 0.2) is 0 Å². The smallest absolute Gasteiger partial charge is 0.404 e. The SMILES string of the molecule is CNC(CNC(=O)O)CC1CCCCC1. The predicted octanol–water partition coefficient (Wildman–Crippen LogP) is 1.81. The number of likely N-dealkylation sites (N-methyl/N-ethyl adjacent to an activating group) is 1. The van der Waals surface area contributed by atoms with Crippen LogP contribution in [0.2, 0.25) is 0 Å². The lowest BCUT2D eigenvalue weighted by atomic mass is 9.85. The van der Waals surface area contributed by atoms with Crippen LogP contribution in [0.3, 0.4) is 0 Å². The zero-order valence-corrected chi connectivity index (χ0v) is 9.46. The molecule has 88 valence electrons. The van der Waals surface area contributed by atoms with Crippen molar-refractivity contribution in [3.63, 3.8) is 0 Å². The van der Waals surface area contributed by atoms with E-state index in [4.69, 9.17) is 5.11 Å². The Bertz CT molecular complexity index is 191. The Balaban J connectivity index is 2.22. The largest absolute Gasteiger partial charge is 0.465 e. The van der Waals surface area contributed by atoms with E-state index in [1.165, 1.54) is 32.1 Å². The highest BCUT2D eigenvalue weighted by molar-refractivity contribution is 5.64. The zero-order valence-electron chi connectivity index (χ0n) is 9.46. The molecule has 1 aliphatic carbocycles. The summed E-state index contributed by atoms with van der Waals surface area (Å²) in [7, 11) is 1.90. The van der Waals surface area contributed by atoms with Crippen molar-refractivity contribution in [3.8, 4) is 0 Å². The molecule has 3 N–H and O–H groups in total. The molecule has 0 aliphatic heterocycles. The molecule has 1 aliphatic rings. The second-order valence-corrected chi connectivity index (χ2v) is 4.41. The Morgan fingerprint density at radius 1 is 1.40 bits per heavy atom. The van der Waals surface area contributed by atoms with Gasteiger partial charge in [0.1, 0.15) is 0 Å². The molecular formula is C11H22N2O2. The third kappa shape index (κ3) is 5.02. The second kappa shape index (κ2) is 6.67. The highest BCUT2D eigenvalue weighted by Crippen LogP contribution is 2.27. The van der Waals surface area contributed by atoms with Gasteiger partial charge in [-0.3, -0.25) is 0 Å². The summed E-state index contributed by atoms with van der Waals surface area (Å²) in [6, 6.07) is 0.282. The molecule has 0 aromatic carbocycles. The van der Waals surface area contributed by atoms with E-state index < -0.39 is 6.09 Å². The van der Waals surface area contributed by atoms with Crippen molar-refractivity contribution in [2.45, 2.75) is 44.6 Å². The minimum absolute atomic E-state index is 0.282. The average Bonchev–Trinajstić information content (AvgIpc) is 2.25. The molecule has 15 heavy (non-hydrogen) atoms. The molecule has 0 bridgehead atoms. The van der Waals surface area contributed by atoms with Crippen LogP contribution in [0.5, 0.6) is 0 Å². The van der Waals surface area contributed by atoms with Gasteiger partial charge < -0.3 is 15.7 Å². The quantitative estimate of drug-likeness (QED) is 0.654. The Labute approximate surface area is 91.4 Å². The second-order valence-electron chi connectivity index (χ2n) is 4.41. The fourth-order valence-corrected chi connectivity index (χ4v) is 2.34. The van der Waals surface area contributed by atoms with E-state index in [0.29, 0.717) is 6.54 Å². The number of hydrogen-bond donors (Lipinski definition) is 3. The van der Waals surface area contributed by atoms with Crippen molar-refractivity contribution < 1.29 is 9.90 Å². The van der Waals surface area contributed by atoms with Gasteiger partial charge in [0.05, 0.1) is 0 Å². The first-order chi connectivity index (χ1) is 7.22. The first-order valence-corrected chi connectivity index (χ1v) is 5.86. The van der Waals surface area contributed by atoms with Gasteiger partial charge in [-0.15, -0.1) is 0 Å². The standard InChI is InChI=1S/C11H22N2O2/c1-12-10(8-13-11(14)15)7-9-5-3-2-4-6-9/h9-10,12-13H,2-8H2,1H3,(H,14,15). The molecule has 1 rings (SSSR count). The maximum atomic E-state index is 10.4. The first-order valence-electron chi connectivity index (χ1n) is 5.86. The minimum atomic E-state index is -0.932. The molecule has 0 aromatic rings. The van der Waals surface area contributed by atoms with E-state index in [1.54, 1.807) is 0 Å². The predicted molar refractivity (Wildman–Crippen MR) is 60.1 cm³/mol. The topological polar surface area (TPSA) is 61.4 Å². The molecule has 1 fully saturated rings. The van der Waals surface area contributed by atoms with Crippen LogP contribution in [0.4, 0.5) is 4.79 Å². The first kappa shape index (κ1) is 12.3. The van der Waals surface area contributed by atoms with Gasteiger partial charge in [0.25, 0.3) is 0 Å². The third-order valence-electron chi connectivity index (χ3n) is 3.25. The van der Waals surface area contributed by atoms with Crippen molar-refractivity contribution in [2.75, 3.05) is 13.6 Å². The van der Waals surface area contributed by atoms with E-state index >= 15 is 0 Å². The van der Waals surface area contributed by atoms with Crippen LogP contribution in [0.1, 0.15) is 38.5 Å². The highest BCUT2D eigenvalue weighted by atomic mass is 16.4. The Morgan fingerprint density at radius 3 is 2.60 bits per heavy atom. The van der Waals surface area contributed by atoms with E-state index in [9.17, 15) is 4.79 Å². The van der Waals surface area contributed by atoms with Crippen LogP contribution in [0.15, 0.2) is 0 Å². The third-order valence-corrected chi connectivity index (χ3v) is 3.25. The molecule has 0 spiro atoms. The normalized spacial score (nSPS) is 19.8. The molecule has 1 amide bonds. The number of rotatable bonds is 5. The number of amides is 1. The fraction of sp³-hybridized carbons (Fsp3) is 0.909. The van der Waals surface area contributed by atoms with Crippen molar-refractivity contribution in [1.29, 1.82) is 0 Å². The van der Waals surface area contributed by atoms with E-state index in [0.717, 1.165) is 12.3 Å². The number of nitrogens with one attached hydrogen (secondary N) is 2. The molecule has 0 aromatic heterocycles. The van der Waals surface area contributed by atoms with Crippen molar-refractivity contribution in [2.24, 2.45) is 5.92 Å². The van der Waals surface area contributed by atoms with Crippen LogP contribution in [0.25, 0.3) is 0 Å². The van der Waals surface area contributed by atoms with Crippen LogP contribution in [-0.4, -0.2) is 30.8 Å². The molecule has 1 atom stereocenters. The number of carbonyl (C=O) groups is 1. The summed E-state index contributed by atoms with van der Waals surface area (Å²) < 4.78 is 0. The van der Waals surface area contributed by atoms with Gasteiger partial charge in [-0.2, -0.15) is 0 Å². The monoisotopic (exact) mass is 214 g/mol. The highest BCUT2D eigenvalue weighted by Gasteiger charge is 2.18. The van der Waals surface area contributed by atoms with E-state index in [2.05, 4.69) is 10.6 Å².